The summed E-state index contributed by atoms with van der Waals surface area (Å²) in [6, 6.07) is 0.722. The second-order valence-electron chi connectivity index (χ2n) is 5.42. The van der Waals surface area contributed by atoms with Crippen molar-refractivity contribution in [1.82, 2.24) is 15.0 Å². The number of nitrogens with zero attached hydrogens (tertiary/aromatic N) is 3. The van der Waals surface area contributed by atoms with Crippen LogP contribution in [0, 0.1) is 0 Å². The van der Waals surface area contributed by atoms with Gasteiger partial charge in [-0.1, -0.05) is 0 Å². The highest BCUT2D eigenvalue weighted by Crippen LogP contribution is 2.38. The van der Waals surface area contributed by atoms with Gasteiger partial charge in [0.05, 0.1) is 17.8 Å². The van der Waals surface area contributed by atoms with E-state index in [9.17, 15) is 18.0 Å². The van der Waals surface area contributed by atoms with Crippen molar-refractivity contribution in [3.05, 3.63) is 40.1 Å². The second-order valence-corrected chi connectivity index (χ2v) is 6.28. The zero-order valence-electron chi connectivity index (χ0n) is 12.9. The van der Waals surface area contributed by atoms with Crippen LogP contribution in [0.4, 0.5) is 18.9 Å². The summed E-state index contributed by atoms with van der Waals surface area (Å²) in [7, 11) is 1.21. The SMILES string of the molecule is COc1cc(C(F)(F)F)ncc1NC(=O)c1nc(C2CC2)ncc1Br. The normalized spacial score (nSPS) is 14.3. The second kappa shape index (κ2) is 6.58. The number of methoxy groups -OCH3 is 1. The number of halogens is 4. The highest BCUT2D eigenvalue weighted by atomic mass is 79.9. The highest BCUT2D eigenvalue weighted by Gasteiger charge is 2.33. The van der Waals surface area contributed by atoms with Gasteiger partial charge in [-0.15, -0.1) is 0 Å². The molecule has 0 aromatic carbocycles. The maximum absolute atomic E-state index is 12.7. The predicted octanol–water partition coefficient (Wildman–Crippen LogP) is 3.79. The van der Waals surface area contributed by atoms with E-state index in [1.54, 1.807) is 0 Å². The van der Waals surface area contributed by atoms with Gasteiger partial charge >= 0.3 is 6.18 Å². The Balaban J connectivity index is 1.87. The number of anilines is 1. The van der Waals surface area contributed by atoms with Gasteiger partial charge in [0.2, 0.25) is 0 Å². The molecule has 2 aromatic heterocycles. The summed E-state index contributed by atoms with van der Waals surface area (Å²) in [5, 5.41) is 2.47. The van der Waals surface area contributed by atoms with Crippen LogP contribution in [-0.2, 0) is 6.18 Å². The third-order valence-electron chi connectivity index (χ3n) is 3.54. The van der Waals surface area contributed by atoms with E-state index in [4.69, 9.17) is 4.74 Å². The molecule has 1 saturated carbocycles. The molecule has 1 aliphatic carbocycles. The van der Waals surface area contributed by atoms with Gasteiger partial charge in [0, 0.05) is 18.2 Å². The van der Waals surface area contributed by atoms with Crippen LogP contribution in [0.15, 0.2) is 22.9 Å². The summed E-state index contributed by atoms with van der Waals surface area (Å²) in [5.74, 6) is 0.0760. The fourth-order valence-electron chi connectivity index (χ4n) is 2.11. The first-order chi connectivity index (χ1) is 11.8. The number of hydrogen-bond acceptors (Lipinski definition) is 5. The van der Waals surface area contributed by atoms with E-state index in [1.165, 1.54) is 13.3 Å². The third-order valence-corrected chi connectivity index (χ3v) is 4.13. The smallest absolute Gasteiger partial charge is 0.433 e. The van der Waals surface area contributed by atoms with E-state index < -0.39 is 17.8 Å². The molecule has 2 heterocycles. The standard InChI is InChI=1S/C15H12BrF3N4O2/c1-25-10-4-11(15(17,18)19)20-6-9(10)22-14(24)12-8(16)5-21-13(23-12)7-2-3-7/h4-7H,2-3H2,1H3,(H,22,24). The summed E-state index contributed by atoms with van der Waals surface area (Å²) in [5.41, 5.74) is -1.00. The van der Waals surface area contributed by atoms with Crippen LogP contribution in [0.25, 0.3) is 0 Å². The Labute approximate surface area is 149 Å². The van der Waals surface area contributed by atoms with Gasteiger partial charge in [-0.2, -0.15) is 13.2 Å². The lowest BCUT2D eigenvalue weighted by Gasteiger charge is -2.13. The Kier molecular flexibility index (Phi) is 4.63. The Morgan fingerprint density at radius 2 is 2.04 bits per heavy atom. The van der Waals surface area contributed by atoms with E-state index in [2.05, 4.69) is 36.2 Å². The molecule has 10 heteroatoms. The fourth-order valence-corrected chi connectivity index (χ4v) is 2.49. The van der Waals surface area contributed by atoms with Crippen molar-refractivity contribution < 1.29 is 22.7 Å². The van der Waals surface area contributed by atoms with Crippen LogP contribution in [0.1, 0.15) is 40.8 Å². The Bertz CT molecular complexity index is 825. The van der Waals surface area contributed by atoms with Crippen molar-refractivity contribution in [2.75, 3.05) is 12.4 Å². The number of nitrogens with one attached hydrogen (secondary N) is 1. The minimum atomic E-state index is -4.61. The molecule has 1 fully saturated rings. The lowest BCUT2D eigenvalue weighted by Crippen LogP contribution is -2.17. The maximum Gasteiger partial charge on any atom is 0.433 e. The number of ether oxygens (including phenoxy) is 1. The predicted molar refractivity (Wildman–Crippen MR) is 85.5 cm³/mol. The van der Waals surface area contributed by atoms with Crippen LogP contribution in [0.5, 0.6) is 5.75 Å². The number of alkyl halides is 3. The Morgan fingerprint density at radius 1 is 1.32 bits per heavy atom. The van der Waals surface area contributed by atoms with E-state index in [0.717, 1.165) is 25.1 Å². The van der Waals surface area contributed by atoms with Gasteiger partial charge in [0.25, 0.3) is 5.91 Å². The number of rotatable bonds is 4. The molecule has 0 saturated heterocycles. The molecule has 6 nitrogen and oxygen atoms in total. The van der Waals surface area contributed by atoms with E-state index in [0.29, 0.717) is 10.3 Å². The number of aromatic nitrogens is 3. The summed E-state index contributed by atoms with van der Waals surface area (Å²) < 4.78 is 43.4. The van der Waals surface area contributed by atoms with E-state index in [1.807, 2.05) is 0 Å². The number of carbonyl (C=O) groups is 1. The quantitative estimate of drug-likeness (QED) is 0.820. The molecule has 25 heavy (non-hydrogen) atoms. The molecular weight excluding hydrogens is 405 g/mol. The van der Waals surface area contributed by atoms with Crippen molar-refractivity contribution in [2.24, 2.45) is 0 Å². The van der Waals surface area contributed by atoms with Crippen LogP contribution in [0.2, 0.25) is 0 Å². The molecular formula is C15H12BrF3N4O2. The molecule has 3 rings (SSSR count). The van der Waals surface area contributed by atoms with Crippen LogP contribution < -0.4 is 10.1 Å². The van der Waals surface area contributed by atoms with Gasteiger partial charge in [-0.05, 0) is 28.8 Å². The van der Waals surface area contributed by atoms with Gasteiger partial charge in [0.15, 0.2) is 0 Å². The van der Waals surface area contributed by atoms with Crippen molar-refractivity contribution in [3.63, 3.8) is 0 Å². The van der Waals surface area contributed by atoms with Gasteiger partial charge in [-0.3, -0.25) is 4.79 Å². The van der Waals surface area contributed by atoms with Crippen molar-refractivity contribution >= 4 is 27.5 Å². The zero-order chi connectivity index (χ0) is 18.2. The molecule has 1 N–H and O–H groups in total. The molecule has 2 aromatic rings. The summed E-state index contributed by atoms with van der Waals surface area (Å²) in [6.07, 6.45) is -0.280. The number of carbonyl (C=O) groups excluding carboxylic acids is 1. The molecule has 0 spiro atoms. The Hall–Kier alpha value is -2.23. The summed E-state index contributed by atoms with van der Waals surface area (Å²) >= 11 is 3.21. The van der Waals surface area contributed by atoms with Gasteiger partial charge in [0.1, 0.15) is 28.6 Å². The number of pyridine rings is 1. The number of amides is 1. The van der Waals surface area contributed by atoms with Crippen LogP contribution in [0.3, 0.4) is 0 Å². The molecule has 0 unspecified atom stereocenters. The highest BCUT2D eigenvalue weighted by molar-refractivity contribution is 9.10. The first-order valence-corrected chi connectivity index (χ1v) is 8.04. The first kappa shape index (κ1) is 17.6. The number of hydrogen-bond donors (Lipinski definition) is 1. The Morgan fingerprint density at radius 3 is 2.64 bits per heavy atom. The average Bonchev–Trinajstić information content (AvgIpc) is 3.39. The monoisotopic (exact) mass is 416 g/mol. The largest absolute Gasteiger partial charge is 0.494 e. The maximum atomic E-state index is 12.7. The third kappa shape index (κ3) is 3.89. The molecule has 132 valence electrons. The fraction of sp³-hybridized carbons (Fsp3) is 0.333. The lowest BCUT2D eigenvalue weighted by atomic mass is 10.2. The van der Waals surface area contributed by atoms with Gasteiger partial charge in [-0.25, -0.2) is 15.0 Å². The van der Waals surface area contributed by atoms with Gasteiger partial charge < -0.3 is 10.1 Å². The van der Waals surface area contributed by atoms with E-state index in [-0.39, 0.29) is 23.0 Å². The molecule has 1 amide bonds. The average molecular weight is 417 g/mol. The molecule has 1 aliphatic rings. The zero-order valence-corrected chi connectivity index (χ0v) is 14.5. The minimum absolute atomic E-state index is 0.0129. The van der Waals surface area contributed by atoms with Crippen molar-refractivity contribution in [2.45, 2.75) is 24.9 Å². The minimum Gasteiger partial charge on any atom is -0.494 e. The van der Waals surface area contributed by atoms with Crippen molar-refractivity contribution in [1.29, 1.82) is 0 Å². The first-order valence-electron chi connectivity index (χ1n) is 7.24. The molecule has 0 radical (unpaired) electrons. The summed E-state index contributed by atoms with van der Waals surface area (Å²) in [4.78, 5) is 24.2. The van der Waals surface area contributed by atoms with Crippen LogP contribution in [-0.4, -0.2) is 28.0 Å². The topological polar surface area (TPSA) is 77.0 Å². The molecule has 0 aliphatic heterocycles. The molecule has 0 atom stereocenters. The summed E-state index contributed by atoms with van der Waals surface area (Å²) in [6.45, 7) is 0. The van der Waals surface area contributed by atoms with Crippen molar-refractivity contribution in [3.8, 4) is 5.75 Å². The van der Waals surface area contributed by atoms with Crippen LogP contribution >= 0.6 is 15.9 Å². The molecule has 0 bridgehead atoms. The van der Waals surface area contributed by atoms with E-state index >= 15 is 0 Å². The lowest BCUT2D eigenvalue weighted by molar-refractivity contribution is -0.141.